The molecule has 0 saturated carbocycles. The van der Waals surface area contributed by atoms with Crippen LogP contribution in [0, 0.1) is 12.7 Å². The van der Waals surface area contributed by atoms with E-state index in [-0.39, 0.29) is 5.56 Å². The normalized spacial score (nSPS) is 21.4. The summed E-state index contributed by atoms with van der Waals surface area (Å²) in [5, 5.41) is 16.4. The lowest BCUT2D eigenvalue weighted by atomic mass is 10.0. The number of rotatable bonds is 4. The lowest BCUT2D eigenvalue weighted by Crippen LogP contribution is -2.59. The predicted molar refractivity (Wildman–Crippen MR) is 113 cm³/mol. The Hall–Kier alpha value is -3.01. The molecular formula is C22H22F4N6. The van der Waals surface area contributed by atoms with Crippen molar-refractivity contribution < 1.29 is 17.6 Å². The first kappa shape index (κ1) is 20.9. The van der Waals surface area contributed by atoms with Gasteiger partial charge in [0.2, 0.25) is 0 Å². The van der Waals surface area contributed by atoms with Gasteiger partial charge in [-0.05, 0) is 32.4 Å². The number of hydrogen-bond donors (Lipinski definition) is 2. The fourth-order valence-electron chi connectivity index (χ4n) is 4.55. The second kappa shape index (κ2) is 7.54. The third kappa shape index (κ3) is 3.42. The smallest absolute Gasteiger partial charge is 0.361 e. The zero-order chi connectivity index (χ0) is 22.6. The quantitative estimate of drug-likeness (QED) is 0.586. The molecule has 168 valence electrons. The molecule has 2 N–H and O–H groups in total. The topological polar surface area (TPSA) is 66.0 Å². The third-order valence-corrected chi connectivity index (χ3v) is 6.42. The number of hydrogen-bond acceptors (Lipinski definition) is 6. The van der Waals surface area contributed by atoms with Crippen LogP contribution in [0.15, 0.2) is 30.5 Å². The number of nitrogens with zero attached hydrogens (tertiary/aromatic N) is 4. The van der Waals surface area contributed by atoms with Gasteiger partial charge in [0.1, 0.15) is 11.6 Å². The van der Waals surface area contributed by atoms with E-state index in [0.29, 0.717) is 23.6 Å². The Morgan fingerprint density at radius 2 is 2.03 bits per heavy atom. The molecular weight excluding hydrogens is 424 g/mol. The zero-order valence-electron chi connectivity index (χ0n) is 17.5. The number of alkyl halides is 3. The molecule has 0 radical (unpaired) electrons. The lowest BCUT2D eigenvalue weighted by molar-refractivity contribution is -0.140. The van der Waals surface area contributed by atoms with Crippen molar-refractivity contribution in [2.45, 2.75) is 44.6 Å². The number of aromatic nitrogens is 3. The predicted octanol–water partition coefficient (Wildman–Crippen LogP) is 4.21. The Labute approximate surface area is 182 Å². The van der Waals surface area contributed by atoms with Gasteiger partial charge in [-0.25, -0.2) is 9.37 Å². The molecule has 6 nitrogen and oxygen atoms in total. The SMILES string of the molecule is Cc1nnc(N[C@H](C)c2cccc(C(F)(F)F)c2F)c2cc(N3CCC4NCC43)ncc12. The molecule has 4 heterocycles. The highest BCUT2D eigenvalue weighted by molar-refractivity contribution is 5.94. The Balaban J connectivity index is 1.50. The van der Waals surface area contributed by atoms with Crippen LogP contribution in [0.1, 0.15) is 36.2 Å². The Morgan fingerprint density at radius 3 is 2.72 bits per heavy atom. The Morgan fingerprint density at radius 1 is 1.22 bits per heavy atom. The Kier molecular flexibility index (Phi) is 4.92. The van der Waals surface area contributed by atoms with Gasteiger partial charge in [-0.15, -0.1) is 5.10 Å². The standard InChI is InChI=1S/C22H22F4N6/c1-11(13-4-3-5-16(20(13)23)22(24,25)26)29-21-14-8-19(28-9-15(14)12(2)30-31-21)32-7-6-17-18(32)10-27-17/h3-5,8-9,11,17-18,27H,6-7,10H2,1-2H3,(H,29,31)/t11-,17?,18?/m1/s1. The summed E-state index contributed by atoms with van der Waals surface area (Å²) in [7, 11) is 0. The second-order valence-corrected chi connectivity index (χ2v) is 8.36. The number of nitrogens with one attached hydrogen (secondary N) is 2. The van der Waals surface area contributed by atoms with Crippen LogP contribution in [0.5, 0.6) is 0 Å². The van der Waals surface area contributed by atoms with Gasteiger partial charge in [0.15, 0.2) is 5.82 Å². The number of anilines is 2. The maximum atomic E-state index is 14.6. The molecule has 2 aliphatic heterocycles. The molecule has 2 fully saturated rings. The van der Waals surface area contributed by atoms with Crippen molar-refractivity contribution in [1.82, 2.24) is 20.5 Å². The van der Waals surface area contributed by atoms with E-state index in [2.05, 4.69) is 30.7 Å². The molecule has 2 saturated heterocycles. The fourth-order valence-corrected chi connectivity index (χ4v) is 4.55. The van der Waals surface area contributed by atoms with E-state index in [0.717, 1.165) is 42.2 Å². The molecule has 0 amide bonds. The maximum Gasteiger partial charge on any atom is 0.419 e. The highest BCUT2D eigenvalue weighted by atomic mass is 19.4. The van der Waals surface area contributed by atoms with E-state index in [4.69, 9.17) is 0 Å². The van der Waals surface area contributed by atoms with Crippen LogP contribution in [0.2, 0.25) is 0 Å². The first-order valence-corrected chi connectivity index (χ1v) is 10.5. The molecule has 32 heavy (non-hydrogen) atoms. The average molecular weight is 446 g/mol. The van der Waals surface area contributed by atoms with Crippen LogP contribution in [-0.4, -0.2) is 40.4 Å². The van der Waals surface area contributed by atoms with Gasteiger partial charge < -0.3 is 15.5 Å². The summed E-state index contributed by atoms with van der Waals surface area (Å²) < 4.78 is 54.0. The van der Waals surface area contributed by atoms with E-state index in [1.165, 1.54) is 12.1 Å². The van der Waals surface area contributed by atoms with E-state index in [1.54, 1.807) is 13.1 Å². The maximum absolute atomic E-state index is 14.6. The molecule has 2 aromatic heterocycles. The molecule has 0 aliphatic carbocycles. The van der Waals surface area contributed by atoms with Crippen molar-refractivity contribution in [3.05, 3.63) is 53.1 Å². The van der Waals surface area contributed by atoms with Gasteiger partial charge in [0, 0.05) is 41.7 Å². The van der Waals surface area contributed by atoms with Crippen molar-refractivity contribution in [2.75, 3.05) is 23.3 Å². The first-order chi connectivity index (χ1) is 15.2. The van der Waals surface area contributed by atoms with Crippen LogP contribution in [0.3, 0.4) is 0 Å². The van der Waals surface area contributed by atoms with E-state index >= 15 is 0 Å². The van der Waals surface area contributed by atoms with Crippen molar-refractivity contribution in [2.24, 2.45) is 0 Å². The molecule has 10 heteroatoms. The number of fused-ring (bicyclic) bond motifs is 2. The summed E-state index contributed by atoms with van der Waals surface area (Å²) in [6, 6.07) is 5.33. The second-order valence-electron chi connectivity index (χ2n) is 8.36. The number of benzene rings is 1. The van der Waals surface area contributed by atoms with Crippen LogP contribution in [-0.2, 0) is 6.18 Å². The van der Waals surface area contributed by atoms with Gasteiger partial charge in [-0.3, -0.25) is 0 Å². The first-order valence-electron chi connectivity index (χ1n) is 10.5. The fraction of sp³-hybridized carbons (Fsp3) is 0.409. The molecule has 2 aliphatic rings. The van der Waals surface area contributed by atoms with Crippen molar-refractivity contribution in [3.63, 3.8) is 0 Å². The van der Waals surface area contributed by atoms with Gasteiger partial charge in [-0.1, -0.05) is 12.1 Å². The van der Waals surface area contributed by atoms with E-state index < -0.39 is 23.6 Å². The van der Waals surface area contributed by atoms with E-state index in [1.807, 2.05) is 13.0 Å². The molecule has 3 aromatic rings. The van der Waals surface area contributed by atoms with Gasteiger partial charge >= 0.3 is 6.18 Å². The number of pyridine rings is 1. The molecule has 1 aromatic carbocycles. The molecule has 0 spiro atoms. The summed E-state index contributed by atoms with van der Waals surface area (Å²) in [4.78, 5) is 6.88. The van der Waals surface area contributed by atoms with Crippen LogP contribution >= 0.6 is 0 Å². The molecule has 3 atom stereocenters. The minimum Gasteiger partial charge on any atom is -0.361 e. The monoisotopic (exact) mass is 446 g/mol. The van der Waals surface area contributed by atoms with Crippen LogP contribution in [0.4, 0.5) is 29.2 Å². The van der Waals surface area contributed by atoms with Gasteiger partial charge in [-0.2, -0.15) is 18.3 Å². The number of halogens is 4. The summed E-state index contributed by atoms with van der Waals surface area (Å²) in [5.41, 5.74) is -0.688. The highest BCUT2D eigenvalue weighted by Crippen LogP contribution is 2.36. The molecule has 5 rings (SSSR count). The highest BCUT2D eigenvalue weighted by Gasteiger charge is 2.41. The van der Waals surface area contributed by atoms with E-state index in [9.17, 15) is 17.6 Å². The average Bonchev–Trinajstić information content (AvgIpc) is 3.02. The third-order valence-electron chi connectivity index (χ3n) is 6.42. The largest absolute Gasteiger partial charge is 0.419 e. The van der Waals surface area contributed by atoms with Crippen molar-refractivity contribution in [3.8, 4) is 0 Å². The number of aryl methyl sites for hydroxylation is 1. The minimum absolute atomic E-state index is 0.0902. The summed E-state index contributed by atoms with van der Waals surface area (Å²) in [6.07, 6.45) is -1.97. The minimum atomic E-state index is -4.76. The lowest BCUT2D eigenvalue weighted by Gasteiger charge is -2.37. The van der Waals surface area contributed by atoms with Crippen molar-refractivity contribution >= 4 is 22.4 Å². The van der Waals surface area contributed by atoms with Crippen molar-refractivity contribution in [1.29, 1.82) is 0 Å². The van der Waals surface area contributed by atoms with Crippen LogP contribution in [0.25, 0.3) is 10.8 Å². The zero-order valence-corrected chi connectivity index (χ0v) is 17.5. The van der Waals surface area contributed by atoms with Crippen LogP contribution < -0.4 is 15.5 Å². The van der Waals surface area contributed by atoms with Gasteiger partial charge in [0.05, 0.1) is 23.3 Å². The Bertz CT molecular complexity index is 1180. The molecule has 2 unspecified atom stereocenters. The summed E-state index contributed by atoms with van der Waals surface area (Å²) in [5.74, 6) is -0.0896. The summed E-state index contributed by atoms with van der Waals surface area (Å²) in [6.45, 7) is 5.22. The molecule has 0 bridgehead atoms. The summed E-state index contributed by atoms with van der Waals surface area (Å²) >= 11 is 0. The van der Waals surface area contributed by atoms with Gasteiger partial charge in [0.25, 0.3) is 0 Å².